The first-order valence-electron chi connectivity index (χ1n) is 17.3. The average molecular weight is 682 g/mol. The van der Waals surface area contributed by atoms with Gasteiger partial charge in [-0.1, -0.05) is 112 Å². The Labute approximate surface area is 295 Å². The Hall–Kier alpha value is -3.29. The van der Waals surface area contributed by atoms with E-state index in [-0.39, 0.29) is 11.1 Å². The molecule has 0 spiro atoms. The standard InChI is InChI=1S/C42H55NO3SSi/c1-32(22-27-41(34(3)28-37-31-47-35(4)43-37)45-30-36-23-25-38(44-8)26-24-36)16-15-17-33(2)29-46-48(42(5,6)7,39-18-11-9-12-19-39)40-20-13-10-14-21-40/h9-14,18-26,28,31,33,41H,15-17,27,29-30H2,1-8H3/b32-22-,34-28+/t33-,41-/m0/s1. The fraction of sp³-hybridized carbons (Fsp3) is 0.405. The van der Waals surface area contributed by atoms with Gasteiger partial charge in [0, 0.05) is 12.0 Å². The molecule has 0 aliphatic heterocycles. The maximum atomic E-state index is 7.21. The molecule has 1 aromatic heterocycles. The van der Waals surface area contributed by atoms with Crippen molar-refractivity contribution in [2.45, 2.75) is 91.9 Å². The summed E-state index contributed by atoms with van der Waals surface area (Å²) >= 11 is 1.68. The lowest BCUT2D eigenvalue weighted by atomic mass is 10.0. The van der Waals surface area contributed by atoms with Crippen molar-refractivity contribution in [3.63, 3.8) is 0 Å². The van der Waals surface area contributed by atoms with E-state index >= 15 is 0 Å². The van der Waals surface area contributed by atoms with Crippen LogP contribution in [0.3, 0.4) is 0 Å². The molecule has 1 heterocycles. The van der Waals surface area contributed by atoms with Crippen LogP contribution in [0.1, 0.15) is 83.5 Å². The van der Waals surface area contributed by atoms with E-state index in [1.54, 1.807) is 18.4 Å². The number of thiazole rings is 1. The zero-order chi connectivity index (χ0) is 34.6. The van der Waals surface area contributed by atoms with Gasteiger partial charge in [-0.05, 0) is 97.1 Å². The van der Waals surface area contributed by atoms with Crippen LogP contribution >= 0.6 is 11.3 Å². The summed E-state index contributed by atoms with van der Waals surface area (Å²) in [5, 5.41) is 5.86. The van der Waals surface area contributed by atoms with Gasteiger partial charge < -0.3 is 13.9 Å². The summed E-state index contributed by atoms with van der Waals surface area (Å²) in [6.07, 6.45) is 8.68. The second kappa shape index (κ2) is 17.9. The van der Waals surface area contributed by atoms with Crippen molar-refractivity contribution in [3.8, 4) is 5.75 Å². The number of hydrogen-bond acceptors (Lipinski definition) is 5. The van der Waals surface area contributed by atoms with E-state index < -0.39 is 8.32 Å². The Bertz CT molecular complexity index is 1550. The van der Waals surface area contributed by atoms with Crippen molar-refractivity contribution in [3.05, 3.63) is 124 Å². The summed E-state index contributed by atoms with van der Waals surface area (Å²) < 4.78 is 19.0. The molecule has 0 saturated heterocycles. The average Bonchev–Trinajstić information content (AvgIpc) is 3.49. The fourth-order valence-corrected chi connectivity index (χ4v) is 11.6. The van der Waals surface area contributed by atoms with E-state index in [0.717, 1.165) is 54.3 Å². The van der Waals surface area contributed by atoms with Gasteiger partial charge >= 0.3 is 0 Å². The molecule has 3 aromatic carbocycles. The van der Waals surface area contributed by atoms with Gasteiger partial charge in [0.1, 0.15) is 5.75 Å². The second-order valence-corrected chi connectivity index (χ2v) is 19.5. The van der Waals surface area contributed by atoms with Crippen molar-refractivity contribution >= 4 is 36.1 Å². The van der Waals surface area contributed by atoms with Crippen LogP contribution in [0.5, 0.6) is 5.75 Å². The number of aryl methyl sites for hydroxylation is 1. The lowest BCUT2D eigenvalue weighted by Crippen LogP contribution is -2.66. The number of methoxy groups -OCH3 is 1. The highest BCUT2D eigenvalue weighted by Gasteiger charge is 2.50. The summed E-state index contributed by atoms with van der Waals surface area (Å²) in [5.74, 6) is 1.32. The number of ether oxygens (including phenoxy) is 2. The first kappa shape index (κ1) is 37.5. The molecule has 0 bridgehead atoms. The first-order valence-corrected chi connectivity index (χ1v) is 20.1. The van der Waals surface area contributed by atoms with Crippen LogP contribution in [0, 0.1) is 12.8 Å². The zero-order valence-electron chi connectivity index (χ0n) is 30.3. The smallest absolute Gasteiger partial charge is 0.261 e. The predicted octanol–water partition coefficient (Wildman–Crippen LogP) is 10.2. The molecule has 0 unspecified atom stereocenters. The monoisotopic (exact) mass is 681 g/mol. The van der Waals surface area contributed by atoms with Gasteiger partial charge in [-0.2, -0.15) is 0 Å². The fourth-order valence-electron chi connectivity index (χ4n) is 6.33. The third kappa shape index (κ3) is 10.4. The number of nitrogens with zero attached hydrogens (tertiary/aromatic N) is 1. The van der Waals surface area contributed by atoms with Gasteiger partial charge in [-0.25, -0.2) is 4.98 Å². The maximum Gasteiger partial charge on any atom is 0.261 e. The maximum absolute atomic E-state index is 7.21. The van der Waals surface area contributed by atoms with Crippen LogP contribution < -0.4 is 15.1 Å². The number of hydrogen-bond donors (Lipinski definition) is 0. The van der Waals surface area contributed by atoms with Crippen molar-refractivity contribution in [1.82, 2.24) is 4.98 Å². The number of aromatic nitrogens is 1. The third-order valence-electron chi connectivity index (χ3n) is 9.08. The van der Waals surface area contributed by atoms with Gasteiger partial charge in [-0.3, -0.25) is 0 Å². The number of benzene rings is 3. The largest absolute Gasteiger partial charge is 0.497 e. The topological polar surface area (TPSA) is 40.6 Å². The molecular weight excluding hydrogens is 627 g/mol. The summed E-state index contributed by atoms with van der Waals surface area (Å²) in [7, 11) is -0.824. The molecule has 4 nitrogen and oxygen atoms in total. The van der Waals surface area contributed by atoms with Crippen molar-refractivity contribution in [2.24, 2.45) is 5.92 Å². The number of rotatable bonds is 17. The Kier molecular flexibility index (Phi) is 14.0. The minimum absolute atomic E-state index is 0.00830. The molecule has 0 N–H and O–H groups in total. The number of allylic oxidation sites excluding steroid dienone is 1. The van der Waals surface area contributed by atoms with E-state index in [1.807, 2.05) is 19.1 Å². The molecule has 6 heteroatoms. The van der Waals surface area contributed by atoms with Gasteiger partial charge in [0.05, 0.1) is 30.5 Å². The van der Waals surface area contributed by atoms with E-state index in [9.17, 15) is 0 Å². The molecule has 48 heavy (non-hydrogen) atoms. The van der Waals surface area contributed by atoms with Crippen molar-refractivity contribution in [2.75, 3.05) is 13.7 Å². The van der Waals surface area contributed by atoms with Crippen molar-refractivity contribution in [1.29, 1.82) is 0 Å². The van der Waals surface area contributed by atoms with E-state index in [2.05, 4.69) is 137 Å². The second-order valence-electron chi connectivity index (χ2n) is 14.1. The van der Waals surface area contributed by atoms with Gasteiger partial charge in [0.2, 0.25) is 0 Å². The molecular formula is C42H55NO3SSi. The molecule has 4 aromatic rings. The van der Waals surface area contributed by atoms with Gasteiger partial charge in [0.25, 0.3) is 8.32 Å². The van der Waals surface area contributed by atoms with E-state index in [1.165, 1.54) is 21.5 Å². The van der Waals surface area contributed by atoms with E-state index in [4.69, 9.17) is 13.9 Å². The summed E-state index contributed by atoms with van der Waals surface area (Å²) in [4.78, 5) is 4.65. The minimum Gasteiger partial charge on any atom is -0.497 e. The molecule has 0 aliphatic rings. The molecule has 256 valence electrons. The highest BCUT2D eigenvalue weighted by molar-refractivity contribution is 7.09. The SMILES string of the molecule is COc1ccc(CO[C@@H](C/C=C(/C)CCC[C@H](C)CO[Si](c2ccccc2)(c2ccccc2)C(C)(C)C)/C(C)=C/c2csc(C)n2)cc1. The normalized spacial score (nSPS) is 14.2. The molecule has 0 amide bonds. The Morgan fingerprint density at radius 1 is 0.917 bits per heavy atom. The molecule has 2 atom stereocenters. The van der Waals surface area contributed by atoms with Gasteiger partial charge in [0.15, 0.2) is 0 Å². The van der Waals surface area contributed by atoms with Crippen LogP contribution in [0.4, 0.5) is 0 Å². The lowest BCUT2D eigenvalue weighted by molar-refractivity contribution is 0.0669. The van der Waals surface area contributed by atoms with E-state index in [0.29, 0.717) is 12.5 Å². The summed E-state index contributed by atoms with van der Waals surface area (Å²) in [6, 6.07) is 30.0. The third-order valence-corrected chi connectivity index (χ3v) is 14.9. The Morgan fingerprint density at radius 3 is 2.08 bits per heavy atom. The molecule has 0 radical (unpaired) electrons. The van der Waals surface area contributed by atoms with Crippen molar-refractivity contribution < 1.29 is 13.9 Å². The molecule has 4 rings (SSSR count). The Balaban J connectivity index is 1.37. The zero-order valence-corrected chi connectivity index (χ0v) is 32.1. The van der Waals surface area contributed by atoms with Crippen LogP contribution in [0.2, 0.25) is 5.04 Å². The highest BCUT2D eigenvalue weighted by Crippen LogP contribution is 2.37. The summed E-state index contributed by atoms with van der Waals surface area (Å²) in [6.45, 7) is 17.2. The Morgan fingerprint density at radius 2 is 1.54 bits per heavy atom. The predicted molar refractivity (Wildman–Crippen MR) is 207 cm³/mol. The molecule has 0 saturated carbocycles. The molecule has 0 aliphatic carbocycles. The quantitative estimate of drug-likeness (QED) is 0.0822. The molecule has 0 fully saturated rings. The van der Waals surface area contributed by atoms with Gasteiger partial charge in [-0.15, -0.1) is 11.3 Å². The van der Waals surface area contributed by atoms with Crippen LogP contribution in [0.25, 0.3) is 6.08 Å². The highest BCUT2D eigenvalue weighted by atomic mass is 32.1. The van der Waals surface area contributed by atoms with Crippen LogP contribution in [-0.2, 0) is 15.8 Å². The van der Waals surface area contributed by atoms with Crippen LogP contribution in [0.15, 0.2) is 108 Å². The summed E-state index contributed by atoms with van der Waals surface area (Å²) in [5.41, 5.74) is 4.73. The first-order chi connectivity index (χ1) is 23.0. The van der Waals surface area contributed by atoms with Crippen LogP contribution in [-0.4, -0.2) is 33.1 Å². The minimum atomic E-state index is -2.51. The lowest BCUT2D eigenvalue weighted by Gasteiger charge is -2.43.